The first-order valence-corrected chi connectivity index (χ1v) is 5.25. The summed E-state index contributed by atoms with van der Waals surface area (Å²) in [6.45, 7) is 2.06. The molecule has 16 heavy (non-hydrogen) atoms. The number of carbonyl (C=O) groups is 1. The molecule has 0 aliphatic rings. The lowest BCUT2D eigenvalue weighted by atomic mass is 10.1. The van der Waals surface area contributed by atoms with Gasteiger partial charge in [0.25, 0.3) is 0 Å². The van der Waals surface area contributed by atoms with Gasteiger partial charge in [-0.15, -0.1) is 0 Å². The Labute approximate surface area is 95.2 Å². The number of nitrogens with one attached hydrogen (secondary N) is 1. The van der Waals surface area contributed by atoms with Gasteiger partial charge in [0, 0.05) is 7.05 Å². The van der Waals surface area contributed by atoms with Gasteiger partial charge in [0.05, 0.1) is 19.1 Å². The number of amides is 1. The SMILES string of the molecule is CNC(=O)CCOc1ccc([C@@H](C)O)cc1. The summed E-state index contributed by atoms with van der Waals surface area (Å²) in [4.78, 5) is 10.9. The van der Waals surface area contributed by atoms with E-state index in [2.05, 4.69) is 5.32 Å². The van der Waals surface area contributed by atoms with Crippen molar-refractivity contribution in [3.05, 3.63) is 29.8 Å². The Morgan fingerprint density at radius 1 is 1.44 bits per heavy atom. The number of hydrogen-bond acceptors (Lipinski definition) is 3. The van der Waals surface area contributed by atoms with Gasteiger partial charge in [0.15, 0.2) is 0 Å². The van der Waals surface area contributed by atoms with E-state index in [9.17, 15) is 9.90 Å². The first-order valence-electron chi connectivity index (χ1n) is 5.25. The molecule has 1 atom stereocenters. The van der Waals surface area contributed by atoms with Crippen molar-refractivity contribution < 1.29 is 14.6 Å². The molecule has 0 saturated carbocycles. The Hall–Kier alpha value is -1.55. The number of aliphatic hydroxyl groups is 1. The van der Waals surface area contributed by atoms with Crippen LogP contribution in [-0.4, -0.2) is 24.7 Å². The average Bonchev–Trinajstić information content (AvgIpc) is 2.29. The summed E-state index contributed by atoms with van der Waals surface area (Å²) >= 11 is 0. The Morgan fingerprint density at radius 3 is 2.56 bits per heavy atom. The van der Waals surface area contributed by atoms with Gasteiger partial charge in [0.1, 0.15) is 5.75 Å². The molecule has 0 aliphatic carbocycles. The van der Waals surface area contributed by atoms with Gasteiger partial charge in [-0.2, -0.15) is 0 Å². The normalized spacial score (nSPS) is 11.9. The van der Waals surface area contributed by atoms with E-state index in [1.165, 1.54) is 0 Å². The zero-order valence-corrected chi connectivity index (χ0v) is 9.56. The van der Waals surface area contributed by atoms with Crippen LogP contribution in [0, 0.1) is 0 Å². The minimum absolute atomic E-state index is 0.0411. The van der Waals surface area contributed by atoms with Gasteiger partial charge in [-0.25, -0.2) is 0 Å². The molecule has 2 N–H and O–H groups in total. The Kier molecular flexibility index (Phi) is 4.79. The maximum absolute atomic E-state index is 10.9. The van der Waals surface area contributed by atoms with Crippen LogP contribution in [-0.2, 0) is 4.79 Å². The van der Waals surface area contributed by atoms with Crippen LogP contribution in [0.5, 0.6) is 5.75 Å². The Morgan fingerprint density at radius 2 is 2.06 bits per heavy atom. The lowest BCUT2D eigenvalue weighted by molar-refractivity contribution is -0.121. The first kappa shape index (κ1) is 12.5. The molecule has 0 unspecified atom stereocenters. The van der Waals surface area contributed by atoms with Crippen molar-refractivity contribution in [3.63, 3.8) is 0 Å². The lowest BCUT2D eigenvalue weighted by Crippen LogP contribution is -2.20. The third kappa shape index (κ3) is 3.90. The molecule has 1 rings (SSSR count). The van der Waals surface area contributed by atoms with E-state index in [0.717, 1.165) is 5.56 Å². The highest BCUT2D eigenvalue weighted by Crippen LogP contribution is 2.17. The van der Waals surface area contributed by atoms with E-state index < -0.39 is 6.10 Å². The zero-order chi connectivity index (χ0) is 12.0. The van der Waals surface area contributed by atoms with Gasteiger partial charge in [0.2, 0.25) is 5.91 Å². The fourth-order valence-corrected chi connectivity index (χ4v) is 1.23. The number of benzene rings is 1. The smallest absolute Gasteiger partial charge is 0.223 e. The van der Waals surface area contributed by atoms with Crippen LogP contribution in [0.3, 0.4) is 0 Å². The minimum atomic E-state index is -0.472. The quantitative estimate of drug-likeness (QED) is 0.790. The standard InChI is InChI=1S/C12H17NO3/c1-9(14)10-3-5-11(6-4-10)16-8-7-12(15)13-2/h3-6,9,14H,7-8H2,1-2H3,(H,13,15)/t9-/m1/s1. The van der Waals surface area contributed by atoms with Crippen molar-refractivity contribution in [3.8, 4) is 5.75 Å². The molecule has 0 fully saturated rings. The molecule has 88 valence electrons. The highest BCUT2D eigenvalue weighted by molar-refractivity contribution is 5.75. The molecular weight excluding hydrogens is 206 g/mol. The molecular formula is C12H17NO3. The van der Waals surface area contributed by atoms with Crippen LogP contribution in [0.4, 0.5) is 0 Å². The molecule has 4 heteroatoms. The second-order valence-electron chi connectivity index (χ2n) is 3.52. The van der Waals surface area contributed by atoms with Crippen molar-refractivity contribution in [1.82, 2.24) is 5.32 Å². The van der Waals surface area contributed by atoms with Crippen LogP contribution >= 0.6 is 0 Å². The average molecular weight is 223 g/mol. The van der Waals surface area contributed by atoms with Crippen LogP contribution in [0.25, 0.3) is 0 Å². The molecule has 4 nitrogen and oxygen atoms in total. The number of ether oxygens (including phenoxy) is 1. The summed E-state index contributed by atoms with van der Waals surface area (Å²) in [7, 11) is 1.60. The van der Waals surface area contributed by atoms with Gasteiger partial charge < -0.3 is 15.2 Å². The van der Waals surface area contributed by atoms with Crippen molar-refractivity contribution in [1.29, 1.82) is 0 Å². The second kappa shape index (κ2) is 6.12. The molecule has 1 aromatic rings. The van der Waals surface area contributed by atoms with Crippen molar-refractivity contribution in [2.45, 2.75) is 19.4 Å². The summed E-state index contributed by atoms with van der Waals surface area (Å²) in [5, 5.41) is 11.8. The molecule has 1 amide bonds. The van der Waals surface area contributed by atoms with Gasteiger partial charge in [-0.1, -0.05) is 12.1 Å². The maximum Gasteiger partial charge on any atom is 0.223 e. The van der Waals surface area contributed by atoms with E-state index in [0.29, 0.717) is 18.8 Å². The third-order valence-corrected chi connectivity index (χ3v) is 2.24. The Bertz CT molecular complexity index is 333. The first-order chi connectivity index (χ1) is 7.63. The van der Waals surface area contributed by atoms with Crippen molar-refractivity contribution in [2.24, 2.45) is 0 Å². The summed E-state index contributed by atoms with van der Waals surface area (Å²) < 4.78 is 5.37. The molecule has 1 aromatic carbocycles. The number of hydrogen-bond donors (Lipinski definition) is 2. The summed E-state index contributed by atoms with van der Waals surface area (Å²) in [5.74, 6) is 0.661. The minimum Gasteiger partial charge on any atom is -0.493 e. The zero-order valence-electron chi connectivity index (χ0n) is 9.56. The van der Waals surface area contributed by atoms with Crippen LogP contribution in [0.1, 0.15) is 25.0 Å². The van der Waals surface area contributed by atoms with Crippen molar-refractivity contribution >= 4 is 5.91 Å². The molecule has 0 aliphatic heterocycles. The van der Waals surface area contributed by atoms with Gasteiger partial charge >= 0.3 is 0 Å². The van der Waals surface area contributed by atoms with Crippen LogP contribution in [0.15, 0.2) is 24.3 Å². The molecule has 0 heterocycles. The van der Waals surface area contributed by atoms with Crippen LogP contribution < -0.4 is 10.1 Å². The highest BCUT2D eigenvalue weighted by Gasteiger charge is 2.01. The monoisotopic (exact) mass is 223 g/mol. The number of carbonyl (C=O) groups excluding carboxylic acids is 1. The fraction of sp³-hybridized carbons (Fsp3) is 0.417. The maximum atomic E-state index is 10.9. The molecule has 0 radical (unpaired) electrons. The summed E-state index contributed by atoms with van der Waals surface area (Å²) in [6, 6.07) is 7.18. The van der Waals surface area contributed by atoms with Crippen LogP contribution in [0.2, 0.25) is 0 Å². The summed E-state index contributed by atoms with van der Waals surface area (Å²) in [5.41, 5.74) is 0.846. The largest absolute Gasteiger partial charge is 0.493 e. The highest BCUT2D eigenvalue weighted by atomic mass is 16.5. The van der Waals surface area contributed by atoms with Gasteiger partial charge in [-0.05, 0) is 24.6 Å². The number of aliphatic hydroxyl groups excluding tert-OH is 1. The second-order valence-corrected chi connectivity index (χ2v) is 3.52. The van der Waals surface area contributed by atoms with Crippen molar-refractivity contribution in [2.75, 3.05) is 13.7 Å². The van der Waals surface area contributed by atoms with E-state index >= 15 is 0 Å². The Balaban J connectivity index is 2.40. The molecule has 0 bridgehead atoms. The summed E-state index contributed by atoms with van der Waals surface area (Å²) in [6.07, 6.45) is -0.130. The predicted octanol–water partition coefficient (Wildman–Crippen LogP) is 1.25. The lowest BCUT2D eigenvalue weighted by Gasteiger charge is -2.08. The molecule has 0 spiro atoms. The van der Waals surface area contributed by atoms with Gasteiger partial charge in [-0.3, -0.25) is 4.79 Å². The topological polar surface area (TPSA) is 58.6 Å². The van der Waals surface area contributed by atoms with E-state index in [-0.39, 0.29) is 5.91 Å². The molecule has 0 saturated heterocycles. The van der Waals surface area contributed by atoms with E-state index in [1.54, 1.807) is 38.2 Å². The van der Waals surface area contributed by atoms with E-state index in [1.807, 2.05) is 0 Å². The predicted molar refractivity (Wildman–Crippen MR) is 61.3 cm³/mol. The number of rotatable bonds is 5. The molecule has 0 aromatic heterocycles. The third-order valence-electron chi connectivity index (χ3n) is 2.24. The van der Waals surface area contributed by atoms with E-state index in [4.69, 9.17) is 4.74 Å². The fourth-order valence-electron chi connectivity index (χ4n) is 1.23.